The number of piperidine rings is 1. The van der Waals surface area contributed by atoms with Gasteiger partial charge in [-0.25, -0.2) is 0 Å². The van der Waals surface area contributed by atoms with Crippen molar-refractivity contribution >= 4 is 5.91 Å². The van der Waals surface area contributed by atoms with Gasteiger partial charge in [-0.1, -0.05) is 59.3 Å². The second-order valence-corrected chi connectivity index (χ2v) is 10.0. The summed E-state index contributed by atoms with van der Waals surface area (Å²) in [5, 5.41) is 7.50. The second-order valence-electron chi connectivity index (χ2n) is 10.0. The van der Waals surface area contributed by atoms with Gasteiger partial charge in [0.05, 0.1) is 19.7 Å². The summed E-state index contributed by atoms with van der Waals surface area (Å²) in [5.74, 6) is 2.01. The van der Waals surface area contributed by atoms with Crippen molar-refractivity contribution in [2.75, 3.05) is 20.2 Å². The molecule has 0 radical (unpaired) electrons. The van der Waals surface area contributed by atoms with E-state index >= 15 is 0 Å². The fourth-order valence-electron chi connectivity index (χ4n) is 5.12. The summed E-state index contributed by atoms with van der Waals surface area (Å²) in [6.07, 6.45) is 1.58. The van der Waals surface area contributed by atoms with Crippen molar-refractivity contribution in [2.45, 2.75) is 39.3 Å². The van der Waals surface area contributed by atoms with E-state index in [2.05, 4.69) is 64.5 Å². The van der Waals surface area contributed by atoms with Crippen molar-refractivity contribution < 1.29 is 14.1 Å². The second kappa shape index (κ2) is 11.6. The summed E-state index contributed by atoms with van der Waals surface area (Å²) in [7, 11) is 1.64. The third-order valence-corrected chi connectivity index (χ3v) is 7.29. The number of amides is 1. The summed E-state index contributed by atoms with van der Waals surface area (Å²) >= 11 is 0. The number of carbonyl (C=O) groups excluding carboxylic acids is 1. The minimum atomic E-state index is -0.169. The number of aryl methyl sites for hydroxylation is 2. The topological polar surface area (TPSA) is 80.5 Å². The number of likely N-dealkylation sites (tertiary alicyclic amines) is 1. The highest BCUT2D eigenvalue weighted by molar-refractivity contribution is 5.79. The Kier molecular flexibility index (Phi) is 7.84. The van der Waals surface area contributed by atoms with Crippen LogP contribution in [0.3, 0.4) is 0 Å². The number of nitrogens with zero attached hydrogens (tertiary/aromatic N) is 3. The highest BCUT2D eigenvalue weighted by atomic mass is 16.5. The standard InChI is InChI=1S/C31H34N4O3/c1-21-9-14-27(22(2)19-21)29(23-7-5-4-6-8-23)33-31(36)25-15-17-35(18-16-25)20-28-32-30(34-38-28)24-10-12-26(37-3)13-11-24/h4-14,19,25,29H,15-18,20H2,1-3H3,(H,33,36). The first kappa shape index (κ1) is 25.7. The Labute approximate surface area is 223 Å². The first-order valence-corrected chi connectivity index (χ1v) is 13.1. The number of nitrogens with one attached hydrogen (secondary N) is 1. The Morgan fingerprint density at radius 2 is 1.79 bits per heavy atom. The summed E-state index contributed by atoms with van der Waals surface area (Å²) < 4.78 is 10.7. The molecule has 0 saturated carbocycles. The Bertz CT molecular complexity index is 1360. The monoisotopic (exact) mass is 510 g/mol. The van der Waals surface area contributed by atoms with Gasteiger partial charge in [0, 0.05) is 11.5 Å². The summed E-state index contributed by atoms with van der Waals surface area (Å²) in [5.41, 5.74) is 5.51. The van der Waals surface area contributed by atoms with E-state index in [0.717, 1.165) is 48.4 Å². The van der Waals surface area contributed by atoms with E-state index in [4.69, 9.17) is 9.26 Å². The quantitative estimate of drug-likeness (QED) is 0.338. The molecular formula is C31H34N4O3. The van der Waals surface area contributed by atoms with Crippen molar-refractivity contribution in [1.29, 1.82) is 0 Å². The first-order valence-electron chi connectivity index (χ1n) is 13.1. The van der Waals surface area contributed by atoms with Crippen LogP contribution in [0.2, 0.25) is 0 Å². The molecular weight excluding hydrogens is 476 g/mol. The molecule has 1 aromatic heterocycles. The van der Waals surface area contributed by atoms with E-state index in [1.165, 1.54) is 11.1 Å². The number of aromatic nitrogens is 2. The fourth-order valence-corrected chi connectivity index (χ4v) is 5.12. The van der Waals surface area contributed by atoms with E-state index in [-0.39, 0.29) is 17.9 Å². The van der Waals surface area contributed by atoms with Crippen molar-refractivity contribution in [3.8, 4) is 17.1 Å². The number of methoxy groups -OCH3 is 1. The molecule has 1 atom stereocenters. The van der Waals surface area contributed by atoms with E-state index in [0.29, 0.717) is 18.3 Å². The molecule has 0 spiro atoms. The van der Waals surface area contributed by atoms with Crippen molar-refractivity contribution in [3.63, 3.8) is 0 Å². The molecule has 1 unspecified atom stereocenters. The number of rotatable bonds is 8. The van der Waals surface area contributed by atoms with Gasteiger partial charge in [-0.05, 0) is 80.7 Å². The minimum Gasteiger partial charge on any atom is -0.497 e. The molecule has 5 rings (SSSR count). The zero-order chi connectivity index (χ0) is 26.5. The molecule has 38 heavy (non-hydrogen) atoms. The normalized spacial score (nSPS) is 15.2. The predicted octanol–water partition coefficient (Wildman–Crippen LogP) is 5.48. The Balaban J connectivity index is 1.20. The van der Waals surface area contributed by atoms with Crippen LogP contribution in [0, 0.1) is 19.8 Å². The Morgan fingerprint density at radius 1 is 1.05 bits per heavy atom. The van der Waals surface area contributed by atoms with Gasteiger partial charge < -0.3 is 14.6 Å². The lowest BCUT2D eigenvalue weighted by atomic mass is 9.91. The molecule has 1 saturated heterocycles. The summed E-state index contributed by atoms with van der Waals surface area (Å²) in [4.78, 5) is 20.3. The van der Waals surface area contributed by atoms with Crippen LogP contribution >= 0.6 is 0 Å². The fraction of sp³-hybridized carbons (Fsp3) is 0.323. The molecule has 196 valence electrons. The van der Waals surface area contributed by atoms with Gasteiger partial charge in [0.2, 0.25) is 17.6 Å². The zero-order valence-corrected chi connectivity index (χ0v) is 22.2. The van der Waals surface area contributed by atoms with Crippen LogP contribution in [0.5, 0.6) is 5.75 Å². The molecule has 0 aliphatic carbocycles. The molecule has 0 bridgehead atoms. The van der Waals surface area contributed by atoms with Gasteiger partial charge in [-0.15, -0.1) is 0 Å². The van der Waals surface area contributed by atoms with Crippen LogP contribution < -0.4 is 10.1 Å². The molecule has 1 N–H and O–H groups in total. The van der Waals surface area contributed by atoms with E-state index < -0.39 is 0 Å². The molecule has 1 aliphatic rings. The summed E-state index contributed by atoms with van der Waals surface area (Å²) in [6.45, 7) is 6.39. The van der Waals surface area contributed by atoms with E-state index in [1.807, 2.05) is 42.5 Å². The van der Waals surface area contributed by atoms with Gasteiger partial charge in [0.15, 0.2) is 0 Å². The third-order valence-electron chi connectivity index (χ3n) is 7.29. The average molecular weight is 511 g/mol. The molecule has 1 fully saturated rings. The molecule has 2 heterocycles. The van der Waals surface area contributed by atoms with E-state index in [1.54, 1.807) is 7.11 Å². The summed E-state index contributed by atoms with van der Waals surface area (Å²) in [6, 6.07) is 24.0. The lowest BCUT2D eigenvalue weighted by molar-refractivity contribution is -0.127. The molecule has 3 aromatic carbocycles. The largest absolute Gasteiger partial charge is 0.497 e. The van der Waals surface area contributed by atoms with Crippen molar-refractivity contribution in [2.24, 2.45) is 5.92 Å². The van der Waals surface area contributed by atoms with Crippen LogP contribution in [-0.4, -0.2) is 41.1 Å². The highest BCUT2D eigenvalue weighted by Gasteiger charge is 2.28. The number of benzene rings is 3. The third kappa shape index (κ3) is 5.94. The molecule has 7 nitrogen and oxygen atoms in total. The molecule has 1 aliphatic heterocycles. The Morgan fingerprint density at radius 3 is 2.47 bits per heavy atom. The average Bonchev–Trinajstić information content (AvgIpc) is 3.41. The number of hydrogen-bond acceptors (Lipinski definition) is 6. The van der Waals surface area contributed by atoms with Crippen LogP contribution in [0.25, 0.3) is 11.4 Å². The van der Waals surface area contributed by atoms with Gasteiger partial charge in [0.25, 0.3) is 0 Å². The van der Waals surface area contributed by atoms with Crippen molar-refractivity contribution in [1.82, 2.24) is 20.4 Å². The van der Waals surface area contributed by atoms with Crippen LogP contribution in [0.4, 0.5) is 0 Å². The highest BCUT2D eigenvalue weighted by Crippen LogP contribution is 2.28. The van der Waals surface area contributed by atoms with Crippen LogP contribution in [0.15, 0.2) is 77.3 Å². The lowest BCUT2D eigenvalue weighted by Crippen LogP contribution is -2.41. The number of ether oxygens (including phenoxy) is 1. The van der Waals surface area contributed by atoms with Gasteiger partial charge in [-0.3, -0.25) is 9.69 Å². The maximum absolute atomic E-state index is 13.4. The van der Waals surface area contributed by atoms with Crippen molar-refractivity contribution in [3.05, 3.63) is 101 Å². The SMILES string of the molecule is COc1ccc(-c2noc(CN3CCC(C(=O)NC(c4ccccc4)c4ccc(C)cc4C)CC3)n2)cc1. The smallest absolute Gasteiger partial charge is 0.241 e. The van der Waals surface area contributed by atoms with Gasteiger partial charge >= 0.3 is 0 Å². The van der Waals surface area contributed by atoms with Gasteiger partial charge in [-0.2, -0.15) is 4.98 Å². The number of carbonyl (C=O) groups is 1. The van der Waals surface area contributed by atoms with Gasteiger partial charge in [0.1, 0.15) is 5.75 Å². The maximum Gasteiger partial charge on any atom is 0.241 e. The first-order chi connectivity index (χ1) is 18.5. The van der Waals surface area contributed by atoms with Crippen LogP contribution in [-0.2, 0) is 11.3 Å². The minimum absolute atomic E-state index is 0.0271. The maximum atomic E-state index is 13.4. The zero-order valence-electron chi connectivity index (χ0n) is 22.2. The molecule has 1 amide bonds. The van der Waals surface area contributed by atoms with E-state index in [9.17, 15) is 4.79 Å². The predicted molar refractivity (Wildman–Crippen MR) is 147 cm³/mol. The van der Waals surface area contributed by atoms with Crippen LogP contribution in [0.1, 0.15) is 47.0 Å². The molecule has 7 heteroatoms. The molecule has 4 aromatic rings. The Hall–Kier alpha value is -3.97. The lowest BCUT2D eigenvalue weighted by Gasteiger charge is -2.31. The number of hydrogen-bond donors (Lipinski definition) is 1.